The van der Waals surface area contributed by atoms with Crippen LogP contribution in [0.15, 0.2) is 18.2 Å². The van der Waals surface area contributed by atoms with Crippen molar-refractivity contribution in [2.75, 3.05) is 26.8 Å². The Kier molecular flexibility index (Phi) is 4.53. The van der Waals surface area contributed by atoms with Crippen LogP contribution >= 0.6 is 0 Å². The quantitative estimate of drug-likeness (QED) is 0.740. The number of carbonyl (C=O) groups excluding carboxylic acids is 1. The molecule has 1 aromatic rings. The minimum absolute atomic E-state index is 0.0903. The van der Waals surface area contributed by atoms with E-state index in [9.17, 15) is 9.18 Å². The Balaban J connectivity index is 1.83. The van der Waals surface area contributed by atoms with Gasteiger partial charge < -0.3 is 9.64 Å². The van der Waals surface area contributed by atoms with Crippen LogP contribution in [-0.2, 0) is 4.74 Å². The first kappa shape index (κ1) is 14.0. The number of likely N-dealkylation sites (N-methyl/N-ethyl adjacent to an activating group) is 1. The van der Waals surface area contributed by atoms with E-state index in [4.69, 9.17) is 4.74 Å². The number of amides is 1. The molecule has 0 spiro atoms. The van der Waals surface area contributed by atoms with Crippen LogP contribution in [0.2, 0.25) is 0 Å². The number of carbonyl (C=O) groups is 1. The number of benzene rings is 1. The third-order valence-electron chi connectivity index (χ3n) is 3.39. The third-order valence-corrected chi connectivity index (χ3v) is 3.39. The van der Waals surface area contributed by atoms with Gasteiger partial charge >= 0.3 is 0 Å². The van der Waals surface area contributed by atoms with Gasteiger partial charge in [-0.1, -0.05) is 0 Å². The molecule has 0 N–H and O–H groups in total. The molecule has 3 nitrogen and oxygen atoms in total. The minimum atomic E-state index is -0.315. The normalized spacial score (nSPS) is 14.5. The third kappa shape index (κ3) is 4.03. The van der Waals surface area contributed by atoms with Gasteiger partial charge in [0.2, 0.25) is 0 Å². The number of aryl methyl sites for hydroxylation is 1. The van der Waals surface area contributed by atoms with E-state index in [1.54, 1.807) is 18.9 Å². The van der Waals surface area contributed by atoms with Crippen LogP contribution in [0.3, 0.4) is 0 Å². The van der Waals surface area contributed by atoms with Crippen molar-refractivity contribution < 1.29 is 13.9 Å². The van der Waals surface area contributed by atoms with Gasteiger partial charge in [0.1, 0.15) is 5.82 Å². The molecule has 0 unspecified atom stereocenters. The molecule has 0 bridgehead atoms. The second kappa shape index (κ2) is 6.15. The number of hydrogen-bond acceptors (Lipinski definition) is 2. The lowest BCUT2D eigenvalue weighted by Crippen LogP contribution is -2.30. The summed E-state index contributed by atoms with van der Waals surface area (Å²) in [6, 6.07) is 4.23. The maximum atomic E-state index is 13.0. The van der Waals surface area contributed by atoms with Crippen molar-refractivity contribution in [1.82, 2.24) is 4.90 Å². The van der Waals surface area contributed by atoms with Crippen LogP contribution < -0.4 is 0 Å². The Morgan fingerprint density at radius 3 is 2.84 bits per heavy atom. The van der Waals surface area contributed by atoms with Crippen molar-refractivity contribution in [3.63, 3.8) is 0 Å². The average molecular weight is 265 g/mol. The van der Waals surface area contributed by atoms with E-state index in [0.717, 1.165) is 12.5 Å². The molecule has 1 aliphatic rings. The molecule has 0 radical (unpaired) electrons. The summed E-state index contributed by atoms with van der Waals surface area (Å²) in [5, 5.41) is 0. The zero-order valence-corrected chi connectivity index (χ0v) is 11.5. The predicted octanol–water partition coefficient (Wildman–Crippen LogP) is 2.63. The lowest BCUT2D eigenvalue weighted by molar-refractivity contribution is 0.0680. The first-order valence-electron chi connectivity index (χ1n) is 6.67. The minimum Gasteiger partial charge on any atom is -0.379 e. The van der Waals surface area contributed by atoms with Gasteiger partial charge in [-0.2, -0.15) is 0 Å². The fourth-order valence-corrected chi connectivity index (χ4v) is 1.91. The molecule has 19 heavy (non-hydrogen) atoms. The van der Waals surface area contributed by atoms with Crippen molar-refractivity contribution in [3.05, 3.63) is 35.1 Å². The smallest absolute Gasteiger partial charge is 0.253 e. The Labute approximate surface area is 113 Å². The number of ether oxygens (including phenoxy) is 1. The van der Waals surface area contributed by atoms with Gasteiger partial charge in [-0.15, -0.1) is 0 Å². The van der Waals surface area contributed by atoms with Crippen LogP contribution in [0.5, 0.6) is 0 Å². The van der Waals surface area contributed by atoms with Crippen LogP contribution in [0.25, 0.3) is 0 Å². The molecule has 0 aromatic heterocycles. The summed E-state index contributed by atoms with van der Waals surface area (Å²) in [6.45, 7) is 3.66. The molecule has 1 aliphatic carbocycles. The van der Waals surface area contributed by atoms with Gasteiger partial charge in [0.25, 0.3) is 5.91 Å². The van der Waals surface area contributed by atoms with Crippen LogP contribution in [0.1, 0.15) is 28.8 Å². The summed E-state index contributed by atoms with van der Waals surface area (Å²) in [5.41, 5.74) is 1.21. The van der Waals surface area contributed by atoms with E-state index in [1.807, 2.05) is 0 Å². The van der Waals surface area contributed by atoms with E-state index in [0.29, 0.717) is 24.3 Å². The molecule has 1 saturated carbocycles. The highest BCUT2D eigenvalue weighted by Gasteiger charge is 2.21. The van der Waals surface area contributed by atoms with E-state index in [2.05, 4.69) is 0 Å². The molecular formula is C15H20FNO2. The SMILES string of the molecule is Cc1cc(F)ccc1C(=O)N(C)CCOCC1CC1. The highest BCUT2D eigenvalue weighted by atomic mass is 19.1. The fraction of sp³-hybridized carbons (Fsp3) is 0.533. The molecule has 0 atom stereocenters. The largest absolute Gasteiger partial charge is 0.379 e. The zero-order chi connectivity index (χ0) is 13.8. The highest BCUT2D eigenvalue weighted by Crippen LogP contribution is 2.28. The summed E-state index contributed by atoms with van der Waals surface area (Å²) < 4.78 is 18.5. The Morgan fingerprint density at radius 1 is 1.47 bits per heavy atom. The second-order valence-electron chi connectivity index (χ2n) is 5.20. The molecule has 1 aromatic carbocycles. The van der Waals surface area contributed by atoms with Gasteiger partial charge in [0, 0.05) is 25.8 Å². The van der Waals surface area contributed by atoms with Gasteiger partial charge in [-0.3, -0.25) is 4.79 Å². The molecule has 0 aliphatic heterocycles. The van der Waals surface area contributed by atoms with Gasteiger partial charge in [-0.25, -0.2) is 4.39 Å². The molecule has 1 amide bonds. The zero-order valence-electron chi connectivity index (χ0n) is 11.5. The molecule has 4 heteroatoms. The van der Waals surface area contributed by atoms with E-state index in [1.165, 1.54) is 31.0 Å². The van der Waals surface area contributed by atoms with Crippen molar-refractivity contribution in [1.29, 1.82) is 0 Å². The van der Waals surface area contributed by atoms with Gasteiger partial charge in [0.15, 0.2) is 0 Å². The van der Waals surface area contributed by atoms with E-state index in [-0.39, 0.29) is 11.7 Å². The standard InChI is InChI=1S/C15H20FNO2/c1-11-9-13(16)5-6-14(11)15(18)17(2)7-8-19-10-12-3-4-12/h5-6,9,12H,3-4,7-8,10H2,1-2H3. The Hall–Kier alpha value is -1.42. The number of rotatable bonds is 6. The number of hydrogen-bond donors (Lipinski definition) is 0. The van der Waals surface area contributed by atoms with Gasteiger partial charge in [-0.05, 0) is 49.4 Å². The Bertz CT molecular complexity index is 457. The molecule has 2 rings (SSSR count). The van der Waals surface area contributed by atoms with Crippen molar-refractivity contribution in [2.45, 2.75) is 19.8 Å². The lowest BCUT2D eigenvalue weighted by Gasteiger charge is -2.18. The van der Waals surface area contributed by atoms with Crippen LogP contribution in [-0.4, -0.2) is 37.6 Å². The topological polar surface area (TPSA) is 29.5 Å². The van der Waals surface area contributed by atoms with E-state index >= 15 is 0 Å². The highest BCUT2D eigenvalue weighted by molar-refractivity contribution is 5.95. The predicted molar refractivity (Wildman–Crippen MR) is 71.6 cm³/mol. The molecular weight excluding hydrogens is 245 g/mol. The number of halogens is 1. The maximum Gasteiger partial charge on any atom is 0.253 e. The summed E-state index contributed by atoms with van der Waals surface area (Å²) in [5.74, 6) is 0.331. The van der Waals surface area contributed by atoms with Gasteiger partial charge in [0.05, 0.1) is 6.61 Å². The summed E-state index contributed by atoms with van der Waals surface area (Å²) in [4.78, 5) is 13.8. The molecule has 104 valence electrons. The van der Waals surface area contributed by atoms with Crippen LogP contribution in [0.4, 0.5) is 4.39 Å². The summed E-state index contributed by atoms with van der Waals surface area (Å²) in [6.07, 6.45) is 2.53. The van der Waals surface area contributed by atoms with E-state index < -0.39 is 0 Å². The first-order valence-corrected chi connectivity index (χ1v) is 6.67. The van der Waals surface area contributed by atoms with Crippen molar-refractivity contribution >= 4 is 5.91 Å². The monoisotopic (exact) mass is 265 g/mol. The molecule has 0 saturated heterocycles. The number of nitrogens with zero attached hydrogens (tertiary/aromatic N) is 1. The molecule has 0 heterocycles. The van der Waals surface area contributed by atoms with Crippen LogP contribution in [0, 0.1) is 18.7 Å². The van der Waals surface area contributed by atoms with Crippen molar-refractivity contribution in [2.24, 2.45) is 5.92 Å². The fourth-order valence-electron chi connectivity index (χ4n) is 1.91. The average Bonchev–Trinajstić information content (AvgIpc) is 3.17. The molecule has 1 fully saturated rings. The first-order chi connectivity index (χ1) is 9.08. The summed E-state index contributed by atoms with van der Waals surface area (Å²) >= 11 is 0. The Morgan fingerprint density at radius 2 is 2.21 bits per heavy atom. The van der Waals surface area contributed by atoms with Crippen molar-refractivity contribution in [3.8, 4) is 0 Å². The second-order valence-corrected chi connectivity index (χ2v) is 5.20. The lowest BCUT2D eigenvalue weighted by atomic mass is 10.1. The maximum absolute atomic E-state index is 13.0. The summed E-state index contributed by atoms with van der Waals surface area (Å²) in [7, 11) is 1.74.